The minimum atomic E-state index is -3.45. The lowest BCUT2D eigenvalue weighted by molar-refractivity contribution is 0.583. The Morgan fingerprint density at radius 1 is 1.29 bits per heavy atom. The van der Waals surface area contributed by atoms with E-state index in [-0.39, 0.29) is 4.90 Å². The van der Waals surface area contributed by atoms with Gasteiger partial charge in [-0.1, -0.05) is 6.92 Å². The fraction of sp³-hybridized carbons (Fsp3) is 0.385. The van der Waals surface area contributed by atoms with E-state index in [2.05, 4.69) is 14.7 Å². The number of hydrogen-bond donors (Lipinski definition) is 1. The first-order chi connectivity index (χ1) is 9.92. The van der Waals surface area contributed by atoms with Crippen LogP contribution in [0.25, 0.3) is 0 Å². The summed E-state index contributed by atoms with van der Waals surface area (Å²) in [4.78, 5) is 11.7. The summed E-state index contributed by atoms with van der Waals surface area (Å²) in [5, 5.41) is 1.03. The van der Waals surface area contributed by atoms with E-state index >= 15 is 0 Å². The summed E-state index contributed by atoms with van der Waals surface area (Å²) in [7, 11) is -1.53. The van der Waals surface area contributed by atoms with Gasteiger partial charge in [-0.15, -0.1) is 11.3 Å². The van der Waals surface area contributed by atoms with Crippen molar-refractivity contribution in [2.75, 3.05) is 18.5 Å². The average Bonchev–Trinajstić information content (AvgIpc) is 2.84. The maximum atomic E-state index is 11.8. The number of aromatic nitrogens is 2. The molecule has 0 aliphatic rings. The molecule has 0 aliphatic carbocycles. The molecule has 0 bridgehead atoms. The lowest BCUT2D eigenvalue weighted by Crippen LogP contribution is -2.23. The summed E-state index contributed by atoms with van der Waals surface area (Å²) < 4.78 is 26.1. The first-order valence-electron chi connectivity index (χ1n) is 6.50. The molecule has 0 atom stereocenters. The molecule has 0 fully saturated rings. The van der Waals surface area contributed by atoms with Crippen molar-refractivity contribution in [2.24, 2.45) is 0 Å². The van der Waals surface area contributed by atoms with Crippen LogP contribution in [-0.2, 0) is 16.6 Å². The second kappa shape index (κ2) is 6.50. The van der Waals surface area contributed by atoms with Crippen LogP contribution in [0.3, 0.4) is 0 Å². The molecule has 0 unspecified atom stereocenters. The van der Waals surface area contributed by atoms with E-state index in [9.17, 15) is 8.42 Å². The lowest BCUT2D eigenvalue weighted by Gasteiger charge is -2.17. The van der Waals surface area contributed by atoms with Crippen LogP contribution in [0.2, 0.25) is 0 Å². The molecule has 0 spiro atoms. The third-order valence-corrected chi connectivity index (χ3v) is 5.25. The SMILES string of the molecule is CCNS(=O)(=O)c1ccc(N(C)Cc2cnc(C)s2)nc1. The van der Waals surface area contributed by atoms with Crippen molar-refractivity contribution in [3.63, 3.8) is 0 Å². The zero-order valence-corrected chi connectivity index (χ0v) is 13.8. The van der Waals surface area contributed by atoms with Gasteiger partial charge in [0.1, 0.15) is 10.7 Å². The molecule has 0 saturated heterocycles. The van der Waals surface area contributed by atoms with Crippen molar-refractivity contribution in [3.05, 3.63) is 34.4 Å². The predicted octanol–water partition coefficient (Wildman–Crippen LogP) is 1.78. The van der Waals surface area contributed by atoms with E-state index in [1.54, 1.807) is 30.4 Å². The second-order valence-corrected chi connectivity index (χ2v) is 7.64. The van der Waals surface area contributed by atoms with Crippen LogP contribution in [0.1, 0.15) is 16.8 Å². The highest BCUT2D eigenvalue weighted by Crippen LogP contribution is 2.18. The zero-order valence-electron chi connectivity index (χ0n) is 12.2. The molecule has 0 aliphatic heterocycles. The van der Waals surface area contributed by atoms with Gasteiger partial charge in [0.05, 0.1) is 11.6 Å². The van der Waals surface area contributed by atoms with Crippen LogP contribution in [0.15, 0.2) is 29.4 Å². The molecular weight excluding hydrogens is 308 g/mol. The molecule has 0 saturated carbocycles. The molecule has 1 N–H and O–H groups in total. The van der Waals surface area contributed by atoms with Crippen molar-refractivity contribution < 1.29 is 8.42 Å². The fourth-order valence-corrected chi connectivity index (χ4v) is 3.66. The first kappa shape index (κ1) is 15.9. The number of hydrogen-bond acceptors (Lipinski definition) is 6. The number of rotatable bonds is 6. The minimum Gasteiger partial charge on any atom is -0.354 e. The number of anilines is 1. The highest BCUT2D eigenvalue weighted by Gasteiger charge is 2.14. The molecule has 114 valence electrons. The van der Waals surface area contributed by atoms with Crippen molar-refractivity contribution in [1.29, 1.82) is 0 Å². The van der Waals surface area contributed by atoms with Gasteiger partial charge in [0.15, 0.2) is 0 Å². The molecular formula is C13H18N4O2S2. The van der Waals surface area contributed by atoms with E-state index in [1.165, 1.54) is 6.20 Å². The highest BCUT2D eigenvalue weighted by atomic mass is 32.2. The normalized spacial score (nSPS) is 11.6. The Morgan fingerprint density at radius 2 is 2.05 bits per heavy atom. The summed E-state index contributed by atoms with van der Waals surface area (Å²) in [6.07, 6.45) is 3.22. The summed E-state index contributed by atoms with van der Waals surface area (Å²) in [6, 6.07) is 3.27. The van der Waals surface area contributed by atoms with Crippen molar-refractivity contribution in [1.82, 2.24) is 14.7 Å². The van der Waals surface area contributed by atoms with E-state index in [0.717, 1.165) is 15.7 Å². The van der Waals surface area contributed by atoms with Crippen molar-refractivity contribution in [3.8, 4) is 0 Å². The summed E-state index contributed by atoms with van der Waals surface area (Å²) in [5.41, 5.74) is 0. The van der Waals surface area contributed by atoms with E-state index in [4.69, 9.17) is 0 Å². The predicted molar refractivity (Wildman–Crippen MR) is 84.1 cm³/mol. The number of nitrogens with zero attached hydrogens (tertiary/aromatic N) is 3. The van der Waals surface area contributed by atoms with Crippen molar-refractivity contribution >= 4 is 27.2 Å². The monoisotopic (exact) mass is 326 g/mol. The average molecular weight is 326 g/mol. The summed E-state index contributed by atoms with van der Waals surface area (Å²) in [6.45, 7) is 4.75. The van der Waals surface area contributed by atoms with Crippen LogP contribution < -0.4 is 9.62 Å². The number of aryl methyl sites for hydroxylation is 1. The Labute approximate surface area is 128 Å². The maximum Gasteiger partial charge on any atom is 0.242 e. The molecule has 2 aromatic rings. The third-order valence-electron chi connectivity index (χ3n) is 2.82. The molecule has 0 aromatic carbocycles. The lowest BCUT2D eigenvalue weighted by atomic mass is 10.4. The Balaban J connectivity index is 2.11. The summed E-state index contributed by atoms with van der Waals surface area (Å²) in [5.74, 6) is 0.719. The number of pyridine rings is 1. The van der Waals surface area contributed by atoms with E-state index in [1.807, 2.05) is 25.1 Å². The van der Waals surface area contributed by atoms with Crippen LogP contribution >= 0.6 is 11.3 Å². The zero-order chi connectivity index (χ0) is 15.5. The van der Waals surface area contributed by atoms with Crippen LogP contribution in [0.4, 0.5) is 5.82 Å². The van der Waals surface area contributed by atoms with E-state index in [0.29, 0.717) is 13.1 Å². The molecule has 8 heteroatoms. The minimum absolute atomic E-state index is 0.176. The fourth-order valence-electron chi connectivity index (χ4n) is 1.82. The van der Waals surface area contributed by atoms with Gasteiger partial charge in [-0.25, -0.2) is 23.1 Å². The Hall–Kier alpha value is -1.51. The smallest absolute Gasteiger partial charge is 0.242 e. The summed E-state index contributed by atoms with van der Waals surface area (Å²) >= 11 is 1.64. The molecule has 6 nitrogen and oxygen atoms in total. The van der Waals surface area contributed by atoms with Gasteiger partial charge in [0.25, 0.3) is 0 Å². The van der Waals surface area contributed by atoms with Gasteiger partial charge in [-0.3, -0.25) is 0 Å². The Bertz CT molecular complexity index is 695. The van der Waals surface area contributed by atoms with Gasteiger partial charge < -0.3 is 4.90 Å². The molecule has 0 radical (unpaired) electrons. The standard InChI is InChI=1S/C13H18N4O2S2/c1-4-16-21(18,19)12-5-6-13(15-8-12)17(3)9-11-7-14-10(2)20-11/h5-8,16H,4,9H2,1-3H3. The maximum absolute atomic E-state index is 11.8. The Kier molecular flexibility index (Phi) is 4.92. The molecule has 2 rings (SSSR count). The Morgan fingerprint density at radius 3 is 2.57 bits per heavy atom. The van der Waals surface area contributed by atoms with Gasteiger partial charge in [0, 0.05) is 30.9 Å². The molecule has 21 heavy (non-hydrogen) atoms. The highest BCUT2D eigenvalue weighted by molar-refractivity contribution is 7.89. The molecule has 2 aromatic heterocycles. The number of thiazole rings is 1. The first-order valence-corrected chi connectivity index (χ1v) is 8.80. The van der Waals surface area contributed by atoms with E-state index < -0.39 is 10.0 Å². The van der Waals surface area contributed by atoms with Gasteiger partial charge >= 0.3 is 0 Å². The third kappa shape index (κ3) is 3.99. The molecule has 2 heterocycles. The van der Waals surface area contributed by atoms with Crippen LogP contribution in [0, 0.1) is 6.92 Å². The number of nitrogens with one attached hydrogen (secondary N) is 1. The van der Waals surface area contributed by atoms with Crippen molar-refractivity contribution in [2.45, 2.75) is 25.3 Å². The van der Waals surface area contributed by atoms with Gasteiger partial charge in [-0.2, -0.15) is 0 Å². The largest absolute Gasteiger partial charge is 0.354 e. The number of sulfonamides is 1. The quantitative estimate of drug-likeness (QED) is 0.876. The second-order valence-electron chi connectivity index (χ2n) is 4.56. The van der Waals surface area contributed by atoms with Crippen LogP contribution in [0.5, 0.6) is 0 Å². The molecule has 0 amide bonds. The van der Waals surface area contributed by atoms with Crippen LogP contribution in [-0.4, -0.2) is 32.0 Å². The van der Waals surface area contributed by atoms with Gasteiger partial charge in [-0.05, 0) is 19.1 Å². The van der Waals surface area contributed by atoms with Gasteiger partial charge in [0.2, 0.25) is 10.0 Å². The topological polar surface area (TPSA) is 75.2 Å².